The van der Waals surface area contributed by atoms with E-state index in [0.29, 0.717) is 0 Å². The molecule has 0 aliphatic rings. The Hall–Kier alpha value is -0.880. The molecule has 2 aromatic heterocycles. The van der Waals surface area contributed by atoms with Crippen molar-refractivity contribution in [3.8, 4) is 0 Å². The molecule has 0 aromatic carbocycles. The first-order valence-corrected chi connectivity index (χ1v) is 6.66. The van der Waals surface area contributed by atoms with Crippen LogP contribution in [-0.2, 0) is 6.54 Å². The number of rotatable bonds is 4. The van der Waals surface area contributed by atoms with Gasteiger partial charge in [0, 0.05) is 11.4 Å². The van der Waals surface area contributed by atoms with Gasteiger partial charge in [0.05, 0.1) is 22.5 Å². The summed E-state index contributed by atoms with van der Waals surface area (Å²) in [5, 5.41) is 7.12. The van der Waals surface area contributed by atoms with E-state index in [-0.39, 0.29) is 6.04 Å². The minimum atomic E-state index is -0.108. The summed E-state index contributed by atoms with van der Waals surface area (Å²) in [6, 6.07) is 3.80. The molecule has 2 rings (SSSR count). The number of nitrogens with two attached hydrogens (primary N) is 1. The standard InChI is InChI=1S/C11H15ClN4S/c1-3-16-9(6-7(2)15-16)10(14-13)11-8(12)4-5-17-11/h4-6,10,14H,3,13H2,1-2H3. The summed E-state index contributed by atoms with van der Waals surface area (Å²) in [4.78, 5) is 1.02. The van der Waals surface area contributed by atoms with Crippen molar-refractivity contribution in [2.45, 2.75) is 26.4 Å². The van der Waals surface area contributed by atoms with Gasteiger partial charge in [-0.15, -0.1) is 11.3 Å². The fourth-order valence-electron chi connectivity index (χ4n) is 1.86. The molecule has 0 spiro atoms. The Bertz CT molecular complexity index is 505. The van der Waals surface area contributed by atoms with Crippen molar-refractivity contribution < 1.29 is 0 Å². The van der Waals surface area contributed by atoms with Gasteiger partial charge in [-0.25, -0.2) is 5.43 Å². The molecule has 6 heteroatoms. The number of nitrogens with one attached hydrogen (secondary N) is 1. The average molecular weight is 271 g/mol. The lowest BCUT2D eigenvalue weighted by atomic mass is 10.1. The van der Waals surface area contributed by atoms with Crippen LogP contribution in [0.3, 0.4) is 0 Å². The maximum Gasteiger partial charge on any atom is 0.0985 e. The topological polar surface area (TPSA) is 55.9 Å². The largest absolute Gasteiger partial charge is 0.270 e. The fourth-order valence-corrected chi connectivity index (χ4v) is 3.09. The second-order valence-corrected chi connectivity index (χ2v) is 5.11. The van der Waals surface area contributed by atoms with Crippen molar-refractivity contribution in [3.63, 3.8) is 0 Å². The number of halogens is 1. The Kier molecular flexibility index (Phi) is 3.83. The van der Waals surface area contributed by atoms with E-state index in [9.17, 15) is 0 Å². The van der Waals surface area contributed by atoms with Gasteiger partial charge in [0.1, 0.15) is 0 Å². The summed E-state index contributed by atoms with van der Waals surface area (Å²) in [5.41, 5.74) is 4.83. The smallest absolute Gasteiger partial charge is 0.0985 e. The van der Waals surface area contributed by atoms with Crippen molar-refractivity contribution in [2.75, 3.05) is 0 Å². The highest BCUT2D eigenvalue weighted by Crippen LogP contribution is 2.32. The van der Waals surface area contributed by atoms with Crippen molar-refractivity contribution in [3.05, 3.63) is 38.8 Å². The van der Waals surface area contributed by atoms with Crippen LogP contribution in [0.5, 0.6) is 0 Å². The van der Waals surface area contributed by atoms with Gasteiger partial charge in [-0.3, -0.25) is 10.5 Å². The van der Waals surface area contributed by atoms with Gasteiger partial charge in [0.2, 0.25) is 0 Å². The van der Waals surface area contributed by atoms with Crippen LogP contribution in [0.2, 0.25) is 5.02 Å². The zero-order chi connectivity index (χ0) is 12.4. The van der Waals surface area contributed by atoms with Crippen LogP contribution in [0.4, 0.5) is 0 Å². The number of hydrogen-bond donors (Lipinski definition) is 2. The minimum absolute atomic E-state index is 0.108. The number of aromatic nitrogens is 2. The third-order valence-electron chi connectivity index (χ3n) is 2.60. The van der Waals surface area contributed by atoms with Gasteiger partial charge in [-0.05, 0) is 31.4 Å². The molecule has 2 aromatic rings. The zero-order valence-electron chi connectivity index (χ0n) is 9.77. The highest BCUT2D eigenvalue weighted by molar-refractivity contribution is 7.10. The van der Waals surface area contributed by atoms with Crippen LogP contribution in [0, 0.1) is 6.92 Å². The number of hydrazine groups is 1. The van der Waals surface area contributed by atoms with E-state index in [0.717, 1.165) is 27.8 Å². The summed E-state index contributed by atoms with van der Waals surface area (Å²) >= 11 is 7.74. The molecule has 0 amide bonds. The molecule has 0 aliphatic heterocycles. The number of aryl methyl sites for hydroxylation is 2. The second-order valence-electron chi connectivity index (χ2n) is 3.76. The van der Waals surface area contributed by atoms with E-state index in [1.807, 2.05) is 29.1 Å². The molecule has 0 saturated heterocycles. The lowest BCUT2D eigenvalue weighted by Gasteiger charge is -2.16. The highest BCUT2D eigenvalue weighted by Gasteiger charge is 2.21. The third kappa shape index (κ3) is 2.37. The van der Waals surface area contributed by atoms with E-state index < -0.39 is 0 Å². The molecule has 4 nitrogen and oxygen atoms in total. The van der Waals surface area contributed by atoms with E-state index >= 15 is 0 Å². The van der Waals surface area contributed by atoms with Crippen LogP contribution < -0.4 is 11.3 Å². The lowest BCUT2D eigenvalue weighted by Crippen LogP contribution is -2.30. The molecule has 3 N–H and O–H groups in total. The second kappa shape index (κ2) is 5.18. The monoisotopic (exact) mass is 270 g/mol. The quantitative estimate of drug-likeness (QED) is 0.663. The van der Waals surface area contributed by atoms with E-state index in [1.54, 1.807) is 11.3 Å². The first kappa shape index (κ1) is 12.6. The Morgan fingerprint density at radius 2 is 2.41 bits per heavy atom. The van der Waals surface area contributed by atoms with Gasteiger partial charge in [0.15, 0.2) is 0 Å². The number of nitrogens with zero attached hydrogens (tertiary/aromatic N) is 2. The predicted molar refractivity (Wildman–Crippen MR) is 71.1 cm³/mol. The summed E-state index contributed by atoms with van der Waals surface area (Å²) in [7, 11) is 0. The lowest BCUT2D eigenvalue weighted by molar-refractivity contribution is 0.547. The molecule has 0 bridgehead atoms. The Morgan fingerprint density at radius 1 is 1.65 bits per heavy atom. The number of hydrogen-bond acceptors (Lipinski definition) is 4. The Labute approximate surface area is 109 Å². The molecule has 2 heterocycles. The first-order valence-electron chi connectivity index (χ1n) is 5.40. The van der Waals surface area contributed by atoms with Crippen LogP contribution in [0.25, 0.3) is 0 Å². The predicted octanol–water partition coefficient (Wildman–Crippen LogP) is 2.48. The fraction of sp³-hybridized carbons (Fsp3) is 0.364. The molecular weight excluding hydrogens is 256 g/mol. The average Bonchev–Trinajstić information content (AvgIpc) is 2.88. The van der Waals surface area contributed by atoms with Crippen LogP contribution in [0.1, 0.15) is 29.2 Å². The van der Waals surface area contributed by atoms with Gasteiger partial charge < -0.3 is 0 Å². The Balaban J connectivity index is 2.45. The molecule has 1 atom stereocenters. The SMILES string of the molecule is CCn1nc(C)cc1C(NN)c1sccc1Cl. The molecule has 1 unspecified atom stereocenters. The summed E-state index contributed by atoms with van der Waals surface area (Å²) < 4.78 is 1.94. The van der Waals surface area contributed by atoms with Crippen molar-refractivity contribution in [1.82, 2.24) is 15.2 Å². The minimum Gasteiger partial charge on any atom is -0.270 e. The van der Waals surface area contributed by atoms with Gasteiger partial charge in [-0.1, -0.05) is 11.6 Å². The molecule has 92 valence electrons. The maximum atomic E-state index is 6.15. The van der Waals surface area contributed by atoms with E-state index in [4.69, 9.17) is 17.4 Å². The normalized spacial score (nSPS) is 12.9. The third-order valence-corrected chi connectivity index (χ3v) is 4.03. The van der Waals surface area contributed by atoms with Crippen LogP contribution in [0.15, 0.2) is 17.5 Å². The summed E-state index contributed by atoms with van der Waals surface area (Å²) in [5.74, 6) is 5.65. The zero-order valence-corrected chi connectivity index (χ0v) is 11.3. The van der Waals surface area contributed by atoms with Gasteiger partial charge in [-0.2, -0.15) is 5.10 Å². The summed E-state index contributed by atoms with van der Waals surface area (Å²) in [6.45, 7) is 4.84. The van der Waals surface area contributed by atoms with Crippen LogP contribution >= 0.6 is 22.9 Å². The maximum absolute atomic E-state index is 6.15. The van der Waals surface area contributed by atoms with Gasteiger partial charge >= 0.3 is 0 Å². The van der Waals surface area contributed by atoms with Crippen LogP contribution in [-0.4, -0.2) is 9.78 Å². The van der Waals surface area contributed by atoms with Crippen molar-refractivity contribution in [1.29, 1.82) is 0 Å². The van der Waals surface area contributed by atoms with Crippen molar-refractivity contribution in [2.24, 2.45) is 5.84 Å². The van der Waals surface area contributed by atoms with Gasteiger partial charge in [0.25, 0.3) is 0 Å². The van der Waals surface area contributed by atoms with Crippen molar-refractivity contribution >= 4 is 22.9 Å². The molecule has 0 radical (unpaired) electrons. The summed E-state index contributed by atoms with van der Waals surface area (Å²) in [6.07, 6.45) is 0. The highest BCUT2D eigenvalue weighted by atomic mass is 35.5. The molecule has 0 saturated carbocycles. The molecule has 17 heavy (non-hydrogen) atoms. The first-order chi connectivity index (χ1) is 8.17. The van der Waals surface area contributed by atoms with E-state index in [2.05, 4.69) is 17.4 Å². The molecule has 0 aliphatic carbocycles. The Morgan fingerprint density at radius 3 is 2.94 bits per heavy atom. The van der Waals surface area contributed by atoms with E-state index in [1.165, 1.54) is 0 Å². The molecular formula is C11H15ClN4S. The number of thiophene rings is 1. The molecule has 0 fully saturated rings.